The van der Waals surface area contributed by atoms with Crippen LogP contribution < -0.4 is 0 Å². The molecule has 2 rings (SSSR count). The first-order chi connectivity index (χ1) is 4.15. The second-order valence-corrected chi connectivity index (χ2v) is 3.02. The molecule has 52 valence electrons. The van der Waals surface area contributed by atoms with Crippen molar-refractivity contribution < 1.29 is 9.90 Å². The van der Waals surface area contributed by atoms with Crippen molar-refractivity contribution in [2.45, 2.75) is 32.6 Å². The van der Waals surface area contributed by atoms with Crippen LogP contribution in [0.2, 0.25) is 0 Å². The zero-order valence-electron chi connectivity index (χ0n) is 5.68. The lowest BCUT2D eigenvalue weighted by atomic mass is 10.5. The first-order valence-corrected chi connectivity index (χ1v) is 3.34. The van der Waals surface area contributed by atoms with Gasteiger partial charge in [-0.25, -0.2) is 0 Å². The van der Waals surface area contributed by atoms with Gasteiger partial charge in [0.25, 0.3) is 5.97 Å². The molecule has 2 heteroatoms. The van der Waals surface area contributed by atoms with Crippen LogP contribution in [-0.2, 0) is 4.79 Å². The average molecular weight is 128 g/mol. The lowest BCUT2D eigenvalue weighted by molar-refractivity contribution is -0.134. The molecule has 0 unspecified atom stereocenters. The molecular weight excluding hydrogens is 116 g/mol. The third-order valence-electron chi connectivity index (χ3n) is 1.91. The zero-order valence-corrected chi connectivity index (χ0v) is 5.68. The maximum Gasteiger partial charge on any atom is 0.300 e. The molecule has 1 N–H and O–H groups in total. The number of carbonyl (C=O) groups is 1. The van der Waals surface area contributed by atoms with E-state index in [9.17, 15) is 0 Å². The van der Waals surface area contributed by atoms with Crippen molar-refractivity contribution in [3.05, 3.63) is 0 Å². The molecule has 2 aliphatic rings. The van der Waals surface area contributed by atoms with Crippen LogP contribution in [0.5, 0.6) is 0 Å². The van der Waals surface area contributed by atoms with Gasteiger partial charge in [-0.2, -0.15) is 0 Å². The fourth-order valence-corrected chi connectivity index (χ4v) is 0.854. The maximum atomic E-state index is 9.00. The van der Waals surface area contributed by atoms with Gasteiger partial charge in [0.15, 0.2) is 0 Å². The van der Waals surface area contributed by atoms with Gasteiger partial charge in [-0.05, 0) is 31.1 Å². The highest BCUT2D eigenvalue weighted by atomic mass is 16.4. The minimum atomic E-state index is -0.833. The molecule has 0 aromatic rings. The molecule has 0 heterocycles. The number of hydrogen-bond donors (Lipinski definition) is 1. The number of hydrogen-bond acceptors (Lipinski definition) is 1. The summed E-state index contributed by atoms with van der Waals surface area (Å²) < 4.78 is 0. The smallest absolute Gasteiger partial charge is 0.300 e. The number of carboxylic acids is 1. The van der Waals surface area contributed by atoms with Gasteiger partial charge in [0, 0.05) is 6.92 Å². The topological polar surface area (TPSA) is 37.3 Å². The summed E-state index contributed by atoms with van der Waals surface area (Å²) in [7, 11) is 0. The predicted octanol–water partition coefficient (Wildman–Crippen LogP) is 1.65. The van der Waals surface area contributed by atoms with E-state index in [4.69, 9.17) is 9.90 Å². The SMILES string of the molecule is C1CC12CC2.CC(=O)O. The van der Waals surface area contributed by atoms with Crippen molar-refractivity contribution in [1.82, 2.24) is 0 Å². The Hall–Kier alpha value is -0.530. The predicted molar refractivity (Wildman–Crippen MR) is 34.2 cm³/mol. The van der Waals surface area contributed by atoms with Crippen molar-refractivity contribution in [3.8, 4) is 0 Å². The molecule has 0 bridgehead atoms. The molecule has 0 amide bonds. The van der Waals surface area contributed by atoms with Crippen LogP contribution in [0.1, 0.15) is 32.6 Å². The van der Waals surface area contributed by atoms with E-state index in [1.165, 1.54) is 0 Å². The Bertz CT molecular complexity index is 103. The summed E-state index contributed by atoms with van der Waals surface area (Å²) in [5.74, 6) is -0.833. The van der Waals surface area contributed by atoms with Gasteiger partial charge in [0.05, 0.1) is 0 Å². The second-order valence-electron chi connectivity index (χ2n) is 3.02. The van der Waals surface area contributed by atoms with Gasteiger partial charge in [-0.1, -0.05) is 0 Å². The lowest BCUT2D eigenvalue weighted by Gasteiger charge is -1.60. The van der Waals surface area contributed by atoms with E-state index in [0.29, 0.717) is 0 Å². The van der Waals surface area contributed by atoms with E-state index < -0.39 is 5.97 Å². The van der Waals surface area contributed by atoms with Gasteiger partial charge in [0.1, 0.15) is 0 Å². The van der Waals surface area contributed by atoms with E-state index in [1.54, 1.807) is 25.7 Å². The molecule has 2 aliphatic carbocycles. The molecule has 0 radical (unpaired) electrons. The zero-order chi connectivity index (χ0) is 6.91. The van der Waals surface area contributed by atoms with Crippen LogP contribution in [0.25, 0.3) is 0 Å². The Kier molecular flexibility index (Phi) is 1.47. The Morgan fingerprint density at radius 3 is 1.56 bits per heavy atom. The van der Waals surface area contributed by atoms with Crippen molar-refractivity contribution in [2.75, 3.05) is 0 Å². The van der Waals surface area contributed by atoms with Crippen molar-refractivity contribution >= 4 is 5.97 Å². The normalized spacial score (nSPS) is 24.1. The molecule has 2 saturated carbocycles. The van der Waals surface area contributed by atoms with Gasteiger partial charge in [-0.15, -0.1) is 0 Å². The Labute approximate surface area is 54.9 Å². The molecule has 0 aromatic carbocycles. The van der Waals surface area contributed by atoms with E-state index in [2.05, 4.69) is 0 Å². The molecule has 2 fully saturated rings. The van der Waals surface area contributed by atoms with Crippen LogP contribution in [0.4, 0.5) is 0 Å². The molecule has 0 saturated heterocycles. The van der Waals surface area contributed by atoms with Gasteiger partial charge in [-0.3, -0.25) is 4.79 Å². The minimum absolute atomic E-state index is 0.833. The molecule has 2 nitrogen and oxygen atoms in total. The van der Waals surface area contributed by atoms with Crippen molar-refractivity contribution in [1.29, 1.82) is 0 Å². The van der Waals surface area contributed by atoms with Crippen molar-refractivity contribution in [2.24, 2.45) is 5.41 Å². The summed E-state index contributed by atoms with van der Waals surface area (Å²) in [6, 6.07) is 0. The summed E-state index contributed by atoms with van der Waals surface area (Å²) in [5.41, 5.74) is 1.00. The summed E-state index contributed by atoms with van der Waals surface area (Å²) >= 11 is 0. The van der Waals surface area contributed by atoms with Crippen molar-refractivity contribution in [3.63, 3.8) is 0 Å². The maximum absolute atomic E-state index is 9.00. The first kappa shape index (κ1) is 6.59. The third-order valence-corrected chi connectivity index (χ3v) is 1.91. The average Bonchev–Trinajstić information content (AvgIpc) is 2.49. The highest BCUT2D eigenvalue weighted by Crippen LogP contribution is 2.65. The quantitative estimate of drug-likeness (QED) is 0.538. The van der Waals surface area contributed by atoms with Gasteiger partial charge >= 0.3 is 0 Å². The van der Waals surface area contributed by atoms with E-state index in [-0.39, 0.29) is 0 Å². The standard InChI is InChI=1S/C5H8.C2H4O2/c1-2-5(1)3-4-5;1-2(3)4/h1-4H2;1H3,(H,3,4). The van der Waals surface area contributed by atoms with E-state index in [0.717, 1.165) is 12.3 Å². The Morgan fingerprint density at radius 2 is 1.56 bits per heavy atom. The largest absolute Gasteiger partial charge is 0.481 e. The monoisotopic (exact) mass is 128 g/mol. The molecule has 1 spiro atoms. The lowest BCUT2D eigenvalue weighted by Crippen LogP contribution is -1.78. The summed E-state index contributed by atoms with van der Waals surface area (Å²) in [6.07, 6.45) is 6.25. The highest BCUT2D eigenvalue weighted by Gasteiger charge is 2.52. The van der Waals surface area contributed by atoms with Gasteiger partial charge in [0.2, 0.25) is 0 Å². The summed E-state index contributed by atoms with van der Waals surface area (Å²) in [6.45, 7) is 1.08. The molecule has 9 heavy (non-hydrogen) atoms. The summed E-state index contributed by atoms with van der Waals surface area (Å²) in [4.78, 5) is 9.00. The molecule has 0 aliphatic heterocycles. The van der Waals surface area contributed by atoms with E-state index >= 15 is 0 Å². The Balaban J connectivity index is 0.0000000945. The molecule has 0 aromatic heterocycles. The number of rotatable bonds is 0. The van der Waals surface area contributed by atoms with Crippen LogP contribution in [0, 0.1) is 5.41 Å². The minimum Gasteiger partial charge on any atom is -0.481 e. The highest BCUT2D eigenvalue weighted by molar-refractivity contribution is 5.62. The Morgan fingerprint density at radius 1 is 1.33 bits per heavy atom. The summed E-state index contributed by atoms with van der Waals surface area (Å²) in [5, 5.41) is 7.42. The van der Waals surface area contributed by atoms with E-state index in [1.807, 2.05) is 0 Å². The number of aliphatic carboxylic acids is 1. The second kappa shape index (κ2) is 2.01. The van der Waals surface area contributed by atoms with Crippen LogP contribution in [0.15, 0.2) is 0 Å². The molecule has 0 atom stereocenters. The third kappa shape index (κ3) is 2.49. The fourth-order valence-electron chi connectivity index (χ4n) is 0.854. The van der Waals surface area contributed by atoms with Gasteiger partial charge < -0.3 is 5.11 Å². The molecular formula is C7H12O2. The van der Waals surface area contributed by atoms with Crippen LogP contribution in [0.3, 0.4) is 0 Å². The van der Waals surface area contributed by atoms with Crippen LogP contribution >= 0.6 is 0 Å². The van der Waals surface area contributed by atoms with Crippen LogP contribution in [-0.4, -0.2) is 11.1 Å². The fraction of sp³-hybridized carbons (Fsp3) is 0.857. The first-order valence-electron chi connectivity index (χ1n) is 3.34. The number of carboxylic acid groups (broad SMARTS) is 1.